The first-order chi connectivity index (χ1) is 10.0. The van der Waals surface area contributed by atoms with Crippen molar-refractivity contribution in [2.45, 2.75) is 37.8 Å². The van der Waals surface area contributed by atoms with Crippen LogP contribution < -0.4 is 5.32 Å². The van der Waals surface area contributed by atoms with E-state index in [1.807, 2.05) is 0 Å². The van der Waals surface area contributed by atoms with Gasteiger partial charge in [0.1, 0.15) is 11.4 Å². The van der Waals surface area contributed by atoms with Crippen molar-refractivity contribution in [3.63, 3.8) is 0 Å². The first-order valence-electron chi connectivity index (χ1n) is 7.05. The highest BCUT2D eigenvalue weighted by Crippen LogP contribution is 2.34. The van der Waals surface area contributed by atoms with Gasteiger partial charge in [-0.05, 0) is 18.9 Å². The Labute approximate surface area is 127 Å². The van der Waals surface area contributed by atoms with Gasteiger partial charge in [0.05, 0.1) is 11.6 Å². The van der Waals surface area contributed by atoms with Gasteiger partial charge in [0.25, 0.3) is 0 Å². The summed E-state index contributed by atoms with van der Waals surface area (Å²) in [6, 6.07) is 4.69. The number of nitrogens with zero attached hydrogens (tertiary/aromatic N) is 1. The van der Waals surface area contributed by atoms with E-state index >= 15 is 0 Å². The van der Waals surface area contributed by atoms with E-state index in [4.69, 9.17) is 11.6 Å². The number of piperazine rings is 1. The van der Waals surface area contributed by atoms with Gasteiger partial charge in [-0.25, -0.2) is 4.39 Å². The molecule has 0 bridgehead atoms. The molecule has 1 spiro atoms. The molecule has 2 amide bonds. The SMILES string of the molecule is O=C1CN(Cc2cccc(Cl)c2F)C(=O)C2(CCCC2)N1. The van der Waals surface area contributed by atoms with E-state index < -0.39 is 11.4 Å². The zero-order valence-corrected chi connectivity index (χ0v) is 12.3. The van der Waals surface area contributed by atoms with Gasteiger partial charge >= 0.3 is 0 Å². The lowest BCUT2D eigenvalue weighted by Gasteiger charge is -2.39. The molecule has 0 atom stereocenters. The molecule has 3 rings (SSSR count). The van der Waals surface area contributed by atoms with Gasteiger partial charge in [0.15, 0.2) is 0 Å². The normalized spacial score (nSPS) is 21.0. The Morgan fingerprint density at radius 3 is 2.71 bits per heavy atom. The van der Waals surface area contributed by atoms with Crippen molar-refractivity contribution in [1.29, 1.82) is 0 Å². The van der Waals surface area contributed by atoms with Crippen LogP contribution in [0.25, 0.3) is 0 Å². The summed E-state index contributed by atoms with van der Waals surface area (Å²) in [7, 11) is 0. The molecule has 6 heteroatoms. The monoisotopic (exact) mass is 310 g/mol. The number of carbonyl (C=O) groups excluding carboxylic acids is 2. The summed E-state index contributed by atoms with van der Waals surface area (Å²) in [5, 5.41) is 2.86. The number of hydrogen-bond acceptors (Lipinski definition) is 2. The maximum absolute atomic E-state index is 14.0. The van der Waals surface area contributed by atoms with E-state index in [9.17, 15) is 14.0 Å². The van der Waals surface area contributed by atoms with Crippen molar-refractivity contribution in [2.75, 3.05) is 6.54 Å². The summed E-state index contributed by atoms with van der Waals surface area (Å²) < 4.78 is 14.0. The average Bonchev–Trinajstić information content (AvgIpc) is 2.90. The molecule has 2 fully saturated rings. The zero-order chi connectivity index (χ0) is 15.0. The van der Waals surface area contributed by atoms with E-state index in [1.165, 1.54) is 11.0 Å². The van der Waals surface area contributed by atoms with Gasteiger partial charge in [-0.15, -0.1) is 0 Å². The molecule has 1 N–H and O–H groups in total. The first-order valence-corrected chi connectivity index (χ1v) is 7.43. The third kappa shape index (κ3) is 2.50. The largest absolute Gasteiger partial charge is 0.340 e. The predicted octanol–water partition coefficient (Wildman–Crippen LogP) is 2.25. The summed E-state index contributed by atoms with van der Waals surface area (Å²) >= 11 is 5.76. The number of carbonyl (C=O) groups is 2. The lowest BCUT2D eigenvalue weighted by molar-refractivity contribution is -0.150. The number of nitrogens with one attached hydrogen (secondary N) is 1. The van der Waals surface area contributed by atoms with Crippen molar-refractivity contribution in [3.8, 4) is 0 Å². The maximum atomic E-state index is 14.0. The van der Waals surface area contributed by atoms with Gasteiger partial charge in [-0.3, -0.25) is 9.59 Å². The molecule has 4 nitrogen and oxygen atoms in total. The fourth-order valence-corrected chi connectivity index (χ4v) is 3.42. The number of halogens is 2. The second kappa shape index (κ2) is 5.30. The van der Waals surface area contributed by atoms with E-state index in [2.05, 4.69) is 5.32 Å². The van der Waals surface area contributed by atoms with Crippen molar-refractivity contribution in [2.24, 2.45) is 0 Å². The number of rotatable bonds is 2. The minimum absolute atomic E-state index is 0.0250. The molecular weight excluding hydrogens is 295 g/mol. The second-order valence-corrected chi connectivity index (χ2v) is 6.12. The predicted molar refractivity (Wildman–Crippen MR) is 76.2 cm³/mol. The zero-order valence-electron chi connectivity index (χ0n) is 11.5. The lowest BCUT2D eigenvalue weighted by atomic mass is 9.93. The molecule has 112 valence electrons. The molecule has 21 heavy (non-hydrogen) atoms. The topological polar surface area (TPSA) is 49.4 Å². The first kappa shape index (κ1) is 14.3. The Bertz CT molecular complexity index is 599. The molecule has 1 saturated carbocycles. The van der Waals surface area contributed by atoms with Crippen LogP contribution in [0.1, 0.15) is 31.2 Å². The van der Waals surface area contributed by atoms with E-state index in [0.717, 1.165) is 12.8 Å². The van der Waals surface area contributed by atoms with Gasteiger partial charge < -0.3 is 10.2 Å². The Kier molecular flexibility index (Phi) is 3.61. The average molecular weight is 311 g/mol. The van der Waals surface area contributed by atoms with Gasteiger partial charge in [0, 0.05) is 12.1 Å². The van der Waals surface area contributed by atoms with Crippen LogP contribution in [0.4, 0.5) is 4.39 Å². The smallest absolute Gasteiger partial charge is 0.249 e. The van der Waals surface area contributed by atoms with Crippen LogP contribution in [0.2, 0.25) is 5.02 Å². The Morgan fingerprint density at radius 2 is 2.00 bits per heavy atom. The molecule has 1 heterocycles. The molecular formula is C15H16ClFN2O2. The fourth-order valence-electron chi connectivity index (χ4n) is 3.23. The van der Waals surface area contributed by atoms with E-state index in [1.54, 1.807) is 12.1 Å². The maximum Gasteiger partial charge on any atom is 0.249 e. The van der Waals surface area contributed by atoms with Gasteiger partial charge in [-0.2, -0.15) is 0 Å². The molecule has 1 aliphatic carbocycles. The quantitative estimate of drug-likeness (QED) is 0.911. The summed E-state index contributed by atoms with van der Waals surface area (Å²) in [5.74, 6) is -0.823. The standard InChI is InChI=1S/C15H16ClFN2O2/c16-11-5-3-4-10(13(11)17)8-19-9-12(20)18-15(14(19)21)6-1-2-7-15/h3-5H,1-2,6-9H2,(H,18,20). The van der Waals surface area contributed by atoms with E-state index in [0.29, 0.717) is 18.4 Å². The Hall–Kier alpha value is -1.62. The number of amides is 2. The molecule has 0 aromatic heterocycles. The molecule has 1 aromatic rings. The van der Waals surface area contributed by atoms with Crippen molar-refractivity contribution >= 4 is 23.4 Å². The summed E-state index contributed by atoms with van der Waals surface area (Å²) in [5.41, 5.74) is -0.441. The van der Waals surface area contributed by atoms with Crippen LogP contribution in [0.5, 0.6) is 0 Å². The number of hydrogen-bond donors (Lipinski definition) is 1. The van der Waals surface area contributed by atoms with Crippen molar-refractivity contribution < 1.29 is 14.0 Å². The summed E-state index contributed by atoms with van der Waals surface area (Å²) in [6.07, 6.45) is 3.16. The van der Waals surface area contributed by atoms with Crippen LogP contribution in [-0.4, -0.2) is 28.8 Å². The molecule has 0 unspecified atom stereocenters. The third-order valence-corrected chi connectivity index (χ3v) is 4.55. The van der Waals surface area contributed by atoms with Gasteiger partial charge in [-0.1, -0.05) is 36.6 Å². The molecule has 1 aromatic carbocycles. The molecule has 1 aliphatic heterocycles. The highest BCUT2D eigenvalue weighted by molar-refractivity contribution is 6.30. The van der Waals surface area contributed by atoms with Crippen molar-refractivity contribution in [1.82, 2.24) is 10.2 Å². The molecule has 2 aliphatic rings. The minimum Gasteiger partial charge on any atom is -0.340 e. The van der Waals surface area contributed by atoms with Crippen LogP contribution >= 0.6 is 11.6 Å². The second-order valence-electron chi connectivity index (χ2n) is 5.71. The van der Waals surface area contributed by atoms with Crippen LogP contribution in [0, 0.1) is 5.82 Å². The number of benzene rings is 1. The minimum atomic E-state index is -0.773. The van der Waals surface area contributed by atoms with E-state index in [-0.39, 0.29) is 29.9 Å². The highest BCUT2D eigenvalue weighted by Gasteiger charge is 2.48. The lowest BCUT2D eigenvalue weighted by Crippen LogP contribution is -2.65. The van der Waals surface area contributed by atoms with Gasteiger partial charge in [0.2, 0.25) is 11.8 Å². The van der Waals surface area contributed by atoms with Crippen LogP contribution in [-0.2, 0) is 16.1 Å². The molecule has 1 saturated heterocycles. The highest BCUT2D eigenvalue weighted by atomic mass is 35.5. The summed E-state index contributed by atoms with van der Waals surface area (Å²) in [6.45, 7) is 0.0347. The fraction of sp³-hybridized carbons (Fsp3) is 0.467. The Morgan fingerprint density at radius 1 is 1.29 bits per heavy atom. The van der Waals surface area contributed by atoms with Crippen molar-refractivity contribution in [3.05, 3.63) is 34.6 Å². The third-order valence-electron chi connectivity index (χ3n) is 4.26. The molecule has 0 radical (unpaired) electrons. The van der Waals surface area contributed by atoms with Crippen LogP contribution in [0.15, 0.2) is 18.2 Å². The van der Waals surface area contributed by atoms with Crippen LogP contribution in [0.3, 0.4) is 0 Å². The summed E-state index contributed by atoms with van der Waals surface area (Å²) in [4.78, 5) is 26.0. The Balaban J connectivity index is 1.86.